The molecule has 0 aliphatic rings. The molecule has 0 radical (unpaired) electrons. The van der Waals surface area contributed by atoms with Crippen LogP contribution in [0.3, 0.4) is 0 Å². The van der Waals surface area contributed by atoms with Crippen LogP contribution in [0.4, 0.5) is 0 Å². The van der Waals surface area contributed by atoms with Crippen molar-refractivity contribution in [2.45, 2.75) is 47.2 Å². The van der Waals surface area contributed by atoms with Crippen molar-refractivity contribution >= 4 is 22.7 Å². The van der Waals surface area contributed by atoms with Gasteiger partial charge in [0.15, 0.2) is 0 Å². The lowest BCUT2D eigenvalue weighted by molar-refractivity contribution is 0.576. The van der Waals surface area contributed by atoms with Crippen LogP contribution in [0.2, 0.25) is 0 Å². The van der Waals surface area contributed by atoms with Crippen LogP contribution >= 0.6 is 22.7 Å². The lowest BCUT2D eigenvalue weighted by Crippen LogP contribution is -2.18. The summed E-state index contributed by atoms with van der Waals surface area (Å²) in [7, 11) is 0. The van der Waals surface area contributed by atoms with E-state index >= 15 is 0 Å². The third-order valence-corrected chi connectivity index (χ3v) is 5.17. The molecule has 2 rings (SSSR count). The van der Waals surface area contributed by atoms with Gasteiger partial charge >= 0.3 is 0 Å². The zero-order valence-corrected chi connectivity index (χ0v) is 13.3. The van der Waals surface area contributed by atoms with Crippen LogP contribution in [0, 0.1) is 27.7 Å². The van der Waals surface area contributed by atoms with Crippen molar-refractivity contribution < 1.29 is 0 Å². The van der Waals surface area contributed by atoms with Gasteiger partial charge in [0.25, 0.3) is 0 Å². The smallest absolute Gasteiger partial charge is 0.0900 e. The summed E-state index contributed by atoms with van der Waals surface area (Å²) in [4.78, 5) is 8.63. The van der Waals surface area contributed by atoms with E-state index in [0.717, 1.165) is 17.2 Å². The minimum atomic E-state index is 0.400. The number of nitrogens with zero attached hydrogens (tertiary/aromatic N) is 1. The molecule has 0 fully saturated rings. The Hall–Kier alpha value is -0.710. The topological polar surface area (TPSA) is 24.9 Å². The van der Waals surface area contributed by atoms with E-state index in [4.69, 9.17) is 0 Å². The van der Waals surface area contributed by atoms with Crippen molar-refractivity contribution in [1.29, 1.82) is 0 Å². The first-order chi connectivity index (χ1) is 8.47. The second-order valence-electron chi connectivity index (χ2n) is 4.71. The molecule has 0 amide bonds. The molecule has 1 N–H and O–H groups in total. The van der Waals surface area contributed by atoms with Crippen LogP contribution in [0.25, 0.3) is 0 Å². The maximum Gasteiger partial charge on any atom is 0.0900 e. The fourth-order valence-electron chi connectivity index (χ4n) is 2.17. The average molecular weight is 280 g/mol. The molecule has 0 saturated heterocycles. The Bertz CT molecular complexity index is 540. The van der Waals surface area contributed by atoms with Crippen molar-refractivity contribution in [1.82, 2.24) is 10.3 Å². The van der Waals surface area contributed by atoms with Gasteiger partial charge in [-0.15, -0.1) is 22.7 Å². The summed E-state index contributed by atoms with van der Waals surface area (Å²) in [6.45, 7) is 11.7. The highest BCUT2D eigenvalue weighted by Crippen LogP contribution is 2.27. The highest BCUT2D eigenvalue weighted by atomic mass is 32.1. The molecule has 18 heavy (non-hydrogen) atoms. The number of rotatable bonds is 4. The van der Waals surface area contributed by atoms with Crippen molar-refractivity contribution in [2.75, 3.05) is 0 Å². The van der Waals surface area contributed by atoms with Gasteiger partial charge in [0.1, 0.15) is 0 Å². The van der Waals surface area contributed by atoms with E-state index in [-0.39, 0.29) is 0 Å². The Labute approximate surface area is 117 Å². The maximum absolute atomic E-state index is 4.46. The predicted octanol–water partition coefficient (Wildman–Crippen LogP) is 4.29. The third-order valence-electron chi connectivity index (χ3n) is 3.11. The van der Waals surface area contributed by atoms with E-state index in [1.54, 1.807) is 11.3 Å². The van der Waals surface area contributed by atoms with Gasteiger partial charge in [-0.3, -0.25) is 0 Å². The van der Waals surface area contributed by atoms with E-state index in [1.165, 1.54) is 20.2 Å². The summed E-state index contributed by atoms with van der Waals surface area (Å²) in [5.41, 5.74) is 2.59. The summed E-state index contributed by atoms with van der Waals surface area (Å²) < 4.78 is 0. The molecule has 0 spiro atoms. The summed E-state index contributed by atoms with van der Waals surface area (Å²) in [6.07, 6.45) is 0. The van der Waals surface area contributed by atoms with Crippen molar-refractivity contribution in [3.05, 3.63) is 37.0 Å². The number of aryl methyl sites for hydroxylation is 4. The van der Waals surface area contributed by atoms with Gasteiger partial charge in [-0.05, 0) is 46.2 Å². The molecule has 0 saturated carbocycles. The standard InChI is InChI=1S/C14H20N2S2/c1-8-6-13(11(4)17-8)9(2)15-7-14-10(3)16-12(5)18-14/h6,9,15H,7H2,1-5H3. The van der Waals surface area contributed by atoms with Crippen LogP contribution in [0.15, 0.2) is 6.07 Å². The summed E-state index contributed by atoms with van der Waals surface area (Å²) in [5, 5.41) is 4.75. The molecule has 0 bridgehead atoms. The lowest BCUT2D eigenvalue weighted by atomic mass is 10.1. The Morgan fingerprint density at radius 1 is 1.22 bits per heavy atom. The maximum atomic E-state index is 4.46. The number of thiophene rings is 1. The number of aromatic nitrogens is 1. The molecule has 0 aliphatic heterocycles. The molecule has 1 atom stereocenters. The molecular formula is C14H20N2S2. The van der Waals surface area contributed by atoms with E-state index in [2.05, 4.69) is 51.0 Å². The average Bonchev–Trinajstić information content (AvgIpc) is 2.78. The molecular weight excluding hydrogens is 260 g/mol. The van der Waals surface area contributed by atoms with Gasteiger partial charge in [0.2, 0.25) is 0 Å². The van der Waals surface area contributed by atoms with E-state index in [1.807, 2.05) is 11.3 Å². The summed E-state index contributed by atoms with van der Waals surface area (Å²) >= 11 is 3.67. The molecule has 98 valence electrons. The number of hydrogen-bond acceptors (Lipinski definition) is 4. The SMILES string of the molecule is Cc1cc(C(C)NCc2sc(C)nc2C)c(C)s1. The Morgan fingerprint density at radius 3 is 2.44 bits per heavy atom. The highest BCUT2D eigenvalue weighted by molar-refractivity contribution is 7.12. The van der Waals surface area contributed by atoms with Crippen LogP contribution in [-0.4, -0.2) is 4.98 Å². The first-order valence-corrected chi connectivity index (χ1v) is 7.84. The van der Waals surface area contributed by atoms with Gasteiger partial charge in [-0.2, -0.15) is 0 Å². The van der Waals surface area contributed by atoms with Gasteiger partial charge in [-0.1, -0.05) is 0 Å². The fraction of sp³-hybridized carbons (Fsp3) is 0.500. The zero-order chi connectivity index (χ0) is 13.3. The van der Waals surface area contributed by atoms with E-state index in [9.17, 15) is 0 Å². The predicted molar refractivity (Wildman–Crippen MR) is 80.6 cm³/mol. The number of hydrogen-bond donors (Lipinski definition) is 1. The van der Waals surface area contributed by atoms with Crippen LogP contribution in [0.5, 0.6) is 0 Å². The molecule has 0 aliphatic carbocycles. The van der Waals surface area contributed by atoms with Gasteiger partial charge < -0.3 is 5.32 Å². The quantitative estimate of drug-likeness (QED) is 0.903. The summed E-state index contributed by atoms with van der Waals surface area (Å²) in [5.74, 6) is 0. The molecule has 2 heterocycles. The Balaban J connectivity index is 2.02. The summed E-state index contributed by atoms with van der Waals surface area (Å²) in [6, 6.07) is 2.69. The molecule has 2 aromatic heterocycles. The molecule has 0 aromatic carbocycles. The molecule has 2 nitrogen and oxygen atoms in total. The van der Waals surface area contributed by atoms with Gasteiger partial charge in [-0.25, -0.2) is 4.98 Å². The fourth-order valence-corrected chi connectivity index (χ4v) is 4.08. The van der Waals surface area contributed by atoms with Gasteiger partial charge in [0, 0.05) is 27.2 Å². The largest absolute Gasteiger partial charge is 0.305 e. The van der Waals surface area contributed by atoms with Crippen LogP contribution < -0.4 is 5.32 Å². The Kier molecular flexibility index (Phi) is 4.20. The molecule has 4 heteroatoms. The minimum absolute atomic E-state index is 0.400. The monoisotopic (exact) mass is 280 g/mol. The van der Waals surface area contributed by atoms with E-state index in [0.29, 0.717) is 6.04 Å². The van der Waals surface area contributed by atoms with Gasteiger partial charge in [0.05, 0.1) is 10.7 Å². The zero-order valence-electron chi connectivity index (χ0n) is 11.6. The molecule has 2 aromatic rings. The molecule has 1 unspecified atom stereocenters. The Morgan fingerprint density at radius 2 is 1.94 bits per heavy atom. The second-order valence-corrected chi connectivity index (χ2v) is 7.46. The first kappa shape index (κ1) is 13.7. The first-order valence-electron chi connectivity index (χ1n) is 6.20. The van der Waals surface area contributed by atoms with Crippen LogP contribution in [0.1, 0.15) is 43.9 Å². The highest BCUT2D eigenvalue weighted by Gasteiger charge is 2.12. The number of nitrogens with one attached hydrogen (secondary N) is 1. The van der Waals surface area contributed by atoms with Crippen molar-refractivity contribution in [3.8, 4) is 0 Å². The van der Waals surface area contributed by atoms with Crippen molar-refractivity contribution in [2.24, 2.45) is 0 Å². The number of thiazole rings is 1. The van der Waals surface area contributed by atoms with Crippen molar-refractivity contribution in [3.63, 3.8) is 0 Å². The normalized spacial score (nSPS) is 12.9. The van der Waals surface area contributed by atoms with E-state index < -0.39 is 0 Å². The third kappa shape index (κ3) is 2.99. The second kappa shape index (κ2) is 5.51. The lowest BCUT2D eigenvalue weighted by Gasteiger charge is -2.13. The van der Waals surface area contributed by atoms with Crippen LogP contribution in [-0.2, 0) is 6.54 Å². The minimum Gasteiger partial charge on any atom is -0.305 e.